The molecule has 0 saturated carbocycles. The number of nitrogens with zero attached hydrogens (tertiary/aromatic N) is 3. The molecule has 4 heterocycles. The van der Waals surface area contributed by atoms with Crippen molar-refractivity contribution in [2.45, 2.75) is 0 Å². The van der Waals surface area contributed by atoms with Gasteiger partial charge in [0, 0.05) is 60.2 Å². The summed E-state index contributed by atoms with van der Waals surface area (Å²) in [6.45, 7) is 0. The van der Waals surface area contributed by atoms with Gasteiger partial charge in [-0.1, -0.05) is 188 Å². The molecule has 0 radical (unpaired) electrons. The third kappa shape index (κ3) is 6.51. The summed E-state index contributed by atoms with van der Waals surface area (Å²) >= 11 is 0. The van der Waals surface area contributed by atoms with Crippen LogP contribution < -0.4 is 20.7 Å². The third-order valence-electron chi connectivity index (χ3n) is 16.4. The van der Waals surface area contributed by atoms with E-state index in [2.05, 4.69) is 287 Å². The van der Waals surface area contributed by atoms with E-state index in [-0.39, 0.29) is 0 Å². The van der Waals surface area contributed by atoms with Crippen LogP contribution in [-0.4, -0.2) is 21.8 Å². The molecule has 0 unspecified atom stereocenters. The summed E-state index contributed by atoms with van der Waals surface area (Å²) in [4.78, 5) is 0. The fourth-order valence-electron chi connectivity index (χ4n) is 13.0. The molecule has 4 nitrogen and oxygen atoms in total. The standard InChI is InChI=1S/C72H47N3OSi/c1-4-20-53(21-5-1)77(54-22-6-2-7-23-54,55-24-8-3-9-25-55)56-26-18-19-50(45-56)73-67-33-16-12-29-59(67)63-46-51(37-41-69(63)73)75-68-40-36-48(49-35-39-61-60-30-13-17-34-71(60)76-72(61)44-49)43-62(68)64-47-52(38-42-70(64)75)74-65-31-14-10-27-57(65)58-28-11-15-32-66(58)74/h1-47H. The van der Waals surface area contributed by atoms with Crippen LogP contribution in [0.25, 0.3) is 116 Å². The van der Waals surface area contributed by atoms with Crippen molar-refractivity contribution in [3.05, 3.63) is 285 Å². The topological polar surface area (TPSA) is 27.9 Å². The molecule has 360 valence electrons. The summed E-state index contributed by atoms with van der Waals surface area (Å²) in [6.07, 6.45) is 0. The maximum Gasteiger partial charge on any atom is 0.179 e. The van der Waals surface area contributed by atoms with Crippen molar-refractivity contribution in [3.63, 3.8) is 0 Å². The van der Waals surface area contributed by atoms with Crippen LogP contribution in [0.1, 0.15) is 0 Å². The van der Waals surface area contributed by atoms with Crippen LogP contribution in [0.5, 0.6) is 0 Å². The number of para-hydroxylation sites is 4. The van der Waals surface area contributed by atoms with E-state index in [1.54, 1.807) is 0 Å². The first kappa shape index (κ1) is 43.5. The van der Waals surface area contributed by atoms with Crippen molar-refractivity contribution < 1.29 is 4.42 Å². The molecule has 16 aromatic rings. The summed E-state index contributed by atoms with van der Waals surface area (Å²) < 4.78 is 13.8. The largest absolute Gasteiger partial charge is 0.456 e. The van der Waals surface area contributed by atoms with E-state index in [1.165, 1.54) is 69.6 Å². The van der Waals surface area contributed by atoms with Crippen LogP contribution >= 0.6 is 0 Å². The van der Waals surface area contributed by atoms with Crippen LogP contribution in [0, 0.1) is 0 Å². The SMILES string of the molecule is c1ccc([Si](c2ccccc2)(c2ccccc2)c2cccc(-n3c4ccccc4c4cc(-n5c6ccc(-c7ccc8c(c7)oc7ccccc78)cc6c6cc(-n7c8ccccc8c8ccccc87)ccc65)ccc43)c2)cc1. The smallest absolute Gasteiger partial charge is 0.179 e. The van der Waals surface area contributed by atoms with Crippen molar-refractivity contribution in [1.29, 1.82) is 0 Å². The normalized spacial score (nSPS) is 12.2. The molecule has 0 aliphatic carbocycles. The second-order valence-electron chi connectivity index (χ2n) is 20.4. The molecule has 0 aliphatic heterocycles. The van der Waals surface area contributed by atoms with Crippen molar-refractivity contribution in [1.82, 2.24) is 13.7 Å². The maximum atomic E-state index is 6.43. The summed E-state index contributed by atoms with van der Waals surface area (Å²) in [5.74, 6) is 0. The van der Waals surface area contributed by atoms with Gasteiger partial charge in [0.05, 0.1) is 33.1 Å². The van der Waals surface area contributed by atoms with E-state index in [9.17, 15) is 0 Å². The second kappa shape index (κ2) is 17.0. The van der Waals surface area contributed by atoms with Gasteiger partial charge in [0.15, 0.2) is 8.07 Å². The molecule has 0 saturated heterocycles. The van der Waals surface area contributed by atoms with E-state index in [4.69, 9.17) is 4.42 Å². The Morgan fingerprint density at radius 1 is 0.221 bits per heavy atom. The van der Waals surface area contributed by atoms with Gasteiger partial charge in [-0.3, -0.25) is 0 Å². The molecule has 0 atom stereocenters. The van der Waals surface area contributed by atoms with Gasteiger partial charge < -0.3 is 18.1 Å². The Labute approximate surface area is 445 Å². The highest BCUT2D eigenvalue weighted by molar-refractivity contribution is 7.19. The molecule has 77 heavy (non-hydrogen) atoms. The molecule has 5 heteroatoms. The zero-order chi connectivity index (χ0) is 50.6. The minimum Gasteiger partial charge on any atom is -0.456 e. The highest BCUT2D eigenvalue weighted by Crippen LogP contribution is 2.41. The first-order chi connectivity index (χ1) is 38.2. The van der Waals surface area contributed by atoms with Gasteiger partial charge in [-0.25, -0.2) is 0 Å². The molecule has 4 aromatic heterocycles. The van der Waals surface area contributed by atoms with Gasteiger partial charge in [0.25, 0.3) is 0 Å². The summed E-state index contributed by atoms with van der Waals surface area (Å²) in [5.41, 5.74) is 14.4. The number of hydrogen-bond acceptors (Lipinski definition) is 1. The lowest BCUT2D eigenvalue weighted by atomic mass is 10.0. The minimum atomic E-state index is -2.79. The van der Waals surface area contributed by atoms with Gasteiger partial charge in [-0.15, -0.1) is 0 Å². The Morgan fingerprint density at radius 2 is 0.597 bits per heavy atom. The van der Waals surface area contributed by atoms with Crippen LogP contribution in [0.2, 0.25) is 0 Å². The van der Waals surface area contributed by atoms with Crippen molar-refractivity contribution >= 4 is 116 Å². The summed E-state index contributed by atoms with van der Waals surface area (Å²) in [6, 6.07) is 105. The average molecular weight is 998 g/mol. The monoisotopic (exact) mass is 997 g/mol. The van der Waals surface area contributed by atoms with Crippen LogP contribution in [0.3, 0.4) is 0 Å². The first-order valence-electron chi connectivity index (χ1n) is 26.5. The highest BCUT2D eigenvalue weighted by Gasteiger charge is 2.41. The molecule has 0 fully saturated rings. The van der Waals surface area contributed by atoms with Gasteiger partial charge in [-0.2, -0.15) is 0 Å². The van der Waals surface area contributed by atoms with Crippen LogP contribution in [0.15, 0.2) is 290 Å². The quantitative estimate of drug-likeness (QED) is 0.110. The summed E-state index contributed by atoms with van der Waals surface area (Å²) in [7, 11) is -2.79. The molecule has 16 rings (SSSR count). The van der Waals surface area contributed by atoms with Crippen molar-refractivity contribution in [2.75, 3.05) is 0 Å². The van der Waals surface area contributed by atoms with E-state index in [1.807, 2.05) is 12.1 Å². The number of benzene rings is 12. The number of rotatable bonds is 8. The zero-order valence-electron chi connectivity index (χ0n) is 41.9. The molecule has 12 aromatic carbocycles. The molecule has 0 bridgehead atoms. The van der Waals surface area contributed by atoms with Gasteiger partial charge in [0.1, 0.15) is 11.2 Å². The minimum absolute atomic E-state index is 0.893. The lowest BCUT2D eigenvalue weighted by Crippen LogP contribution is -2.74. The Balaban J connectivity index is 0.906. The van der Waals surface area contributed by atoms with E-state index >= 15 is 0 Å². The lowest BCUT2D eigenvalue weighted by Gasteiger charge is -2.34. The van der Waals surface area contributed by atoms with Gasteiger partial charge >= 0.3 is 0 Å². The van der Waals surface area contributed by atoms with Crippen molar-refractivity contribution in [3.8, 4) is 28.2 Å². The third-order valence-corrected chi connectivity index (χ3v) is 21.1. The first-order valence-corrected chi connectivity index (χ1v) is 28.5. The maximum absolute atomic E-state index is 6.43. The van der Waals surface area contributed by atoms with Gasteiger partial charge in [-0.05, 0) is 129 Å². The van der Waals surface area contributed by atoms with E-state index in [0.29, 0.717) is 0 Å². The number of furan rings is 1. The predicted octanol–water partition coefficient (Wildman–Crippen LogP) is 15.9. The summed E-state index contributed by atoms with van der Waals surface area (Å²) in [5, 5.41) is 15.0. The zero-order valence-corrected chi connectivity index (χ0v) is 42.9. The Kier molecular flexibility index (Phi) is 9.62. The molecule has 0 amide bonds. The Bertz CT molecular complexity index is 4840. The molecule has 0 N–H and O–H groups in total. The molecular weight excluding hydrogens is 951 g/mol. The van der Waals surface area contributed by atoms with E-state index < -0.39 is 8.07 Å². The number of aromatic nitrogens is 3. The van der Waals surface area contributed by atoms with Gasteiger partial charge in [0.2, 0.25) is 0 Å². The van der Waals surface area contributed by atoms with Crippen LogP contribution in [0.4, 0.5) is 0 Å². The fraction of sp³-hybridized carbons (Fsp3) is 0. The molecular formula is C72H47N3OSi. The lowest BCUT2D eigenvalue weighted by molar-refractivity contribution is 0.669. The van der Waals surface area contributed by atoms with Crippen LogP contribution in [-0.2, 0) is 0 Å². The van der Waals surface area contributed by atoms with E-state index in [0.717, 1.165) is 66.7 Å². The highest BCUT2D eigenvalue weighted by atomic mass is 28.3. The Morgan fingerprint density at radius 3 is 1.16 bits per heavy atom. The fourth-order valence-corrected chi connectivity index (χ4v) is 17.8. The second-order valence-corrected chi connectivity index (χ2v) is 24.2. The van der Waals surface area contributed by atoms with Crippen molar-refractivity contribution in [2.24, 2.45) is 0 Å². The number of fused-ring (bicyclic) bond motifs is 12. The molecule has 0 aliphatic rings. The molecule has 0 spiro atoms. The number of hydrogen-bond donors (Lipinski definition) is 0. The average Bonchev–Trinajstić information content (AvgIpc) is 4.30. The predicted molar refractivity (Wildman–Crippen MR) is 326 cm³/mol. The Hall–Kier alpha value is -9.94.